The van der Waals surface area contributed by atoms with Crippen molar-refractivity contribution in [2.24, 2.45) is 11.8 Å². The Labute approximate surface area is 114 Å². The summed E-state index contributed by atoms with van der Waals surface area (Å²) in [6.45, 7) is 13.2. The van der Waals surface area contributed by atoms with Crippen molar-refractivity contribution in [1.82, 2.24) is 10.2 Å². The Hall–Kier alpha value is -0.0800. The van der Waals surface area contributed by atoms with Gasteiger partial charge in [0.05, 0.1) is 0 Å². The van der Waals surface area contributed by atoms with E-state index in [-0.39, 0.29) is 0 Å². The number of rotatable bonds is 4. The number of hydrogen-bond donors (Lipinski definition) is 1. The summed E-state index contributed by atoms with van der Waals surface area (Å²) in [7, 11) is 0. The fourth-order valence-electron chi connectivity index (χ4n) is 3.58. The van der Waals surface area contributed by atoms with Gasteiger partial charge >= 0.3 is 0 Å². The minimum absolute atomic E-state index is 0.383. The molecule has 0 aromatic rings. The van der Waals surface area contributed by atoms with E-state index >= 15 is 0 Å². The van der Waals surface area contributed by atoms with Gasteiger partial charge in [0, 0.05) is 31.2 Å². The van der Waals surface area contributed by atoms with E-state index in [0.29, 0.717) is 11.6 Å². The lowest BCUT2D eigenvalue weighted by Gasteiger charge is -2.49. The molecule has 18 heavy (non-hydrogen) atoms. The van der Waals surface area contributed by atoms with Gasteiger partial charge in [-0.1, -0.05) is 33.6 Å². The van der Waals surface area contributed by atoms with Crippen molar-refractivity contribution in [2.45, 2.75) is 71.4 Å². The maximum atomic E-state index is 3.77. The monoisotopic (exact) mass is 252 g/mol. The molecule has 2 aliphatic rings. The molecular weight excluding hydrogens is 220 g/mol. The van der Waals surface area contributed by atoms with Crippen molar-refractivity contribution in [1.29, 1.82) is 0 Å². The summed E-state index contributed by atoms with van der Waals surface area (Å²) in [5, 5.41) is 3.77. The lowest BCUT2D eigenvalue weighted by molar-refractivity contribution is 0.0262. The minimum Gasteiger partial charge on any atom is -0.311 e. The average molecular weight is 252 g/mol. The number of nitrogens with one attached hydrogen (secondary N) is 1. The van der Waals surface area contributed by atoms with Crippen LogP contribution < -0.4 is 5.32 Å². The molecular formula is C16H32N2. The summed E-state index contributed by atoms with van der Waals surface area (Å²) in [5.41, 5.74) is 0.383. The summed E-state index contributed by atoms with van der Waals surface area (Å²) in [5.74, 6) is 1.72. The van der Waals surface area contributed by atoms with Gasteiger partial charge in [-0.15, -0.1) is 0 Å². The lowest BCUT2D eigenvalue weighted by atomic mass is 9.88. The highest BCUT2D eigenvalue weighted by Crippen LogP contribution is 2.31. The fourth-order valence-corrected chi connectivity index (χ4v) is 3.58. The van der Waals surface area contributed by atoms with E-state index in [1.807, 2.05) is 0 Å². The molecule has 0 aromatic heterocycles. The highest BCUT2D eigenvalue weighted by atomic mass is 15.3. The fraction of sp³-hybridized carbons (Fsp3) is 1.00. The molecule has 2 rings (SSSR count). The molecule has 1 saturated heterocycles. The third kappa shape index (κ3) is 3.08. The van der Waals surface area contributed by atoms with Crippen molar-refractivity contribution in [2.75, 3.05) is 19.6 Å². The average Bonchev–Trinajstić information content (AvgIpc) is 2.84. The van der Waals surface area contributed by atoms with Crippen LogP contribution >= 0.6 is 0 Å². The van der Waals surface area contributed by atoms with Gasteiger partial charge in [-0.2, -0.15) is 0 Å². The highest BCUT2D eigenvalue weighted by Gasteiger charge is 2.38. The van der Waals surface area contributed by atoms with Crippen LogP contribution in [0.15, 0.2) is 0 Å². The van der Waals surface area contributed by atoms with Crippen LogP contribution in [0.2, 0.25) is 0 Å². The van der Waals surface area contributed by atoms with Crippen molar-refractivity contribution in [3.63, 3.8) is 0 Å². The van der Waals surface area contributed by atoms with Crippen LogP contribution in [0.5, 0.6) is 0 Å². The molecule has 2 atom stereocenters. The van der Waals surface area contributed by atoms with Gasteiger partial charge in [0.25, 0.3) is 0 Å². The molecule has 0 aromatic carbocycles. The first kappa shape index (κ1) is 14.3. The first-order chi connectivity index (χ1) is 8.55. The van der Waals surface area contributed by atoms with Crippen LogP contribution in [0, 0.1) is 11.8 Å². The van der Waals surface area contributed by atoms with E-state index in [4.69, 9.17) is 0 Å². The molecule has 106 valence electrons. The maximum Gasteiger partial charge on any atom is 0.0304 e. The third-order valence-corrected chi connectivity index (χ3v) is 5.45. The number of piperazine rings is 1. The van der Waals surface area contributed by atoms with Gasteiger partial charge in [0.1, 0.15) is 0 Å². The van der Waals surface area contributed by atoms with Crippen LogP contribution in [-0.2, 0) is 0 Å². The van der Waals surface area contributed by atoms with Crippen LogP contribution in [0.3, 0.4) is 0 Å². The first-order valence-corrected chi connectivity index (χ1v) is 8.03. The SMILES string of the molecule is CCC1(C)CNC(C(C)C)CN1CC1CCCC1. The normalized spacial score (nSPS) is 35.5. The summed E-state index contributed by atoms with van der Waals surface area (Å²) in [6.07, 6.45) is 7.13. The lowest BCUT2D eigenvalue weighted by Crippen LogP contribution is -2.64. The van der Waals surface area contributed by atoms with Crippen LogP contribution in [-0.4, -0.2) is 36.1 Å². The second-order valence-electron chi connectivity index (χ2n) is 7.14. The largest absolute Gasteiger partial charge is 0.311 e. The standard InChI is InChI=1S/C16H32N2/c1-5-16(4)12-17-15(13(2)3)11-18(16)10-14-8-6-7-9-14/h13-15,17H,5-12H2,1-4H3. The summed E-state index contributed by atoms with van der Waals surface area (Å²) in [4.78, 5) is 2.81. The molecule has 1 heterocycles. The Morgan fingerprint density at radius 3 is 2.50 bits per heavy atom. The van der Waals surface area contributed by atoms with Crippen molar-refractivity contribution in [3.05, 3.63) is 0 Å². The van der Waals surface area contributed by atoms with E-state index in [1.165, 1.54) is 51.7 Å². The summed E-state index contributed by atoms with van der Waals surface area (Å²) >= 11 is 0. The topological polar surface area (TPSA) is 15.3 Å². The molecule has 2 nitrogen and oxygen atoms in total. The van der Waals surface area contributed by atoms with Crippen molar-refractivity contribution >= 4 is 0 Å². The molecule has 1 aliphatic carbocycles. The van der Waals surface area contributed by atoms with Crippen molar-refractivity contribution < 1.29 is 0 Å². The van der Waals surface area contributed by atoms with Gasteiger partial charge < -0.3 is 5.32 Å². The van der Waals surface area contributed by atoms with Gasteiger partial charge in [0.15, 0.2) is 0 Å². The minimum atomic E-state index is 0.383. The smallest absolute Gasteiger partial charge is 0.0304 e. The molecule has 0 spiro atoms. The molecule has 1 saturated carbocycles. The molecule has 2 fully saturated rings. The quantitative estimate of drug-likeness (QED) is 0.826. The molecule has 0 bridgehead atoms. The van der Waals surface area contributed by atoms with Crippen LogP contribution in [0.25, 0.3) is 0 Å². The third-order valence-electron chi connectivity index (χ3n) is 5.45. The molecule has 0 radical (unpaired) electrons. The highest BCUT2D eigenvalue weighted by molar-refractivity contribution is 4.96. The molecule has 0 amide bonds. The zero-order valence-electron chi connectivity index (χ0n) is 12.8. The summed E-state index contributed by atoms with van der Waals surface area (Å²) in [6, 6.07) is 0.686. The Bertz CT molecular complexity index is 256. The van der Waals surface area contributed by atoms with E-state index in [9.17, 15) is 0 Å². The Morgan fingerprint density at radius 2 is 1.94 bits per heavy atom. The molecule has 2 unspecified atom stereocenters. The molecule has 2 heteroatoms. The van der Waals surface area contributed by atoms with Crippen LogP contribution in [0.1, 0.15) is 59.8 Å². The molecule has 1 N–H and O–H groups in total. The maximum absolute atomic E-state index is 3.77. The Morgan fingerprint density at radius 1 is 1.28 bits per heavy atom. The van der Waals surface area contributed by atoms with Crippen LogP contribution in [0.4, 0.5) is 0 Å². The zero-order valence-corrected chi connectivity index (χ0v) is 12.8. The Balaban J connectivity index is 1.99. The van der Waals surface area contributed by atoms with E-state index < -0.39 is 0 Å². The second kappa shape index (κ2) is 5.92. The van der Waals surface area contributed by atoms with E-state index in [2.05, 4.69) is 37.9 Å². The predicted octanol–water partition coefficient (Wildman–Crippen LogP) is 3.28. The van der Waals surface area contributed by atoms with E-state index in [1.54, 1.807) is 0 Å². The number of hydrogen-bond acceptors (Lipinski definition) is 2. The zero-order chi connectivity index (χ0) is 13.2. The number of nitrogens with zero attached hydrogens (tertiary/aromatic N) is 1. The van der Waals surface area contributed by atoms with Gasteiger partial charge in [0.2, 0.25) is 0 Å². The van der Waals surface area contributed by atoms with Crippen molar-refractivity contribution in [3.8, 4) is 0 Å². The van der Waals surface area contributed by atoms with Gasteiger partial charge in [-0.3, -0.25) is 4.90 Å². The van der Waals surface area contributed by atoms with Gasteiger partial charge in [-0.05, 0) is 38.0 Å². The summed E-state index contributed by atoms with van der Waals surface area (Å²) < 4.78 is 0. The molecule has 1 aliphatic heterocycles. The predicted molar refractivity (Wildman–Crippen MR) is 78.9 cm³/mol. The second-order valence-corrected chi connectivity index (χ2v) is 7.14. The van der Waals surface area contributed by atoms with E-state index in [0.717, 1.165) is 11.8 Å². The first-order valence-electron chi connectivity index (χ1n) is 8.03. The Kier molecular flexibility index (Phi) is 4.71. The van der Waals surface area contributed by atoms with Gasteiger partial charge in [-0.25, -0.2) is 0 Å².